The van der Waals surface area contributed by atoms with Crippen LogP contribution >= 0.6 is 0 Å². The van der Waals surface area contributed by atoms with E-state index in [-0.39, 0.29) is 18.2 Å². The second kappa shape index (κ2) is 14.9. The molecule has 0 bridgehead atoms. The zero-order valence-electron chi connectivity index (χ0n) is 24.6. The molecular formula is C31H38O10. The van der Waals surface area contributed by atoms with E-state index in [4.69, 9.17) is 37.9 Å². The summed E-state index contributed by atoms with van der Waals surface area (Å²) in [7, 11) is 7.83. The Bertz CT molecular complexity index is 1260. The van der Waals surface area contributed by atoms with Gasteiger partial charge in [0.2, 0.25) is 0 Å². The third-order valence-electron chi connectivity index (χ3n) is 6.27. The summed E-state index contributed by atoms with van der Waals surface area (Å²) in [4.78, 5) is 23.2. The van der Waals surface area contributed by atoms with Crippen LogP contribution in [0.4, 0.5) is 0 Å². The second-order valence-corrected chi connectivity index (χ2v) is 9.62. The third kappa shape index (κ3) is 8.57. The van der Waals surface area contributed by atoms with E-state index in [1.165, 1.54) is 19.3 Å². The number of cyclic esters (lactones) is 2. The van der Waals surface area contributed by atoms with E-state index in [1.807, 2.05) is 18.2 Å². The van der Waals surface area contributed by atoms with Crippen molar-refractivity contribution in [1.29, 1.82) is 0 Å². The fraction of sp³-hybridized carbons (Fsp3) is 0.419. The lowest BCUT2D eigenvalue weighted by Gasteiger charge is -2.24. The molecule has 2 heterocycles. The lowest BCUT2D eigenvalue weighted by Crippen LogP contribution is -2.18. The Morgan fingerprint density at radius 2 is 1.10 bits per heavy atom. The molecule has 0 radical (unpaired) electrons. The van der Waals surface area contributed by atoms with E-state index in [9.17, 15) is 9.59 Å². The first-order chi connectivity index (χ1) is 19.7. The summed E-state index contributed by atoms with van der Waals surface area (Å²) >= 11 is 0. The lowest BCUT2D eigenvalue weighted by molar-refractivity contribution is -0.146. The van der Waals surface area contributed by atoms with Gasteiger partial charge >= 0.3 is 11.9 Å². The molecule has 0 amide bonds. The highest BCUT2D eigenvalue weighted by molar-refractivity contribution is 5.84. The number of rotatable bonds is 10. The molecule has 0 aromatic heterocycles. The highest BCUT2D eigenvalue weighted by Crippen LogP contribution is 2.36. The van der Waals surface area contributed by atoms with Gasteiger partial charge in [-0.3, -0.25) is 0 Å². The molecule has 0 saturated heterocycles. The average Bonchev–Trinajstić information content (AvgIpc) is 2.98. The van der Waals surface area contributed by atoms with Gasteiger partial charge in [0, 0.05) is 12.8 Å². The summed E-state index contributed by atoms with van der Waals surface area (Å²) in [5, 5.41) is 0. The molecule has 0 spiro atoms. The molecule has 2 atom stereocenters. The van der Waals surface area contributed by atoms with Gasteiger partial charge in [-0.25, -0.2) is 9.59 Å². The Balaban J connectivity index is 0.000000228. The maximum absolute atomic E-state index is 11.7. The number of hydrogen-bond donors (Lipinski definition) is 0. The Morgan fingerprint density at radius 3 is 1.51 bits per heavy atom. The summed E-state index contributed by atoms with van der Waals surface area (Å²) in [6.07, 6.45) is 3.06. The van der Waals surface area contributed by atoms with Crippen molar-refractivity contribution in [1.82, 2.24) is 0 Å². The number of carbonyl (C=O) groups is 2. The minimum absolute atomic E-state index is 0.368. The van der Waals surface area contributed by atoms with E-state index in [0.29, 0.717) is 59.9 Å². The molecule has 0 saturated carbocycles. The minimum Gasteiger partial charge on any atom is -0.501 e. The molecule has 2 aromatic carbocycles. The van der Waals surface area contributed by atoms with Crippen LogP contribution in [0.5, 0.6) is 23.0 Å². The molecule has 2 unspecified atom stereocenters. The van der Waals surface area contributed by atoms with Gasteiger partial charge in [-0.15, -0.1) is 0 Å². The fourth-order valence-electron chi connectivity index (χ4n) is 4.17. The molecule has 2 aromatic rings. The van der Waals surface area contributed by atoms with Crippen LogP contribution in [0, 0.1) is 5.92 Å². The van der Waals surface area contributed by atoms with Crippen LogP contribution in [0.2, 0.25) is 0 Å². The molecule has 0 fully saturated rings. The summed E-state index contributed by atoms with van der Waals surface area (Å²) in [5.74, 6) is 3.36. The Kier molecular flexibility index (Phi) is 11.3. The molecule has 10 nitrogen and oxygen atoms in total. The molecule has 0 aliphatic carbocycles. The van der Waals surface area contributed by atoms with Gasteiger partial charge in [-0.2, -0.15) is 0 Å². The van der Waals surface area contributed by atoms with Crippen molar-refractivity contribution in [2.24, 2.45) is 5.92 Å². The van der Waals surface area contributed by atoms with Crippen LogP contribution < -0.4 is 18.9 Å². The van der Waals surface area contributed by atoms with Crippen molar-refractivity contribution >= 4 is 11.9 Å². The monoisotopic (exact) mass is 570 g/mol. The quantitative estimate of drug-likeness (QED) is 0.341. The Labute approximate surface area is 240 Å². The molecule has 2 aliphatic heterocycles. The van der Waals surface area contributed by atoms with Crippen LogP contribution in [-0.2, 0) is 28.5 Å². The van der Waals surface area contributed by atoms with Crippen molar-refractivity contribution in [3.05, 3.63) is 71.2 Å². The largest absolute Gasteiger partial charge is 0.501 e. The number of esters is 2. The highest BCUT2D eigenvalue weighted by Gasteiger charge is 2.26. The van der Waals surface area contributed by atoms with Crippen molar-refractivity contribution in [3.8, 4) is 23.0 Å². The molecule has 4 rings (SSSR count). The van der Waals surface area contributed by atoms with Gasteiger partial charge in [0.25, 0.3) is 0 Å². The maximum atomic E-state index is 11.7. The van der Waals surface area contributed by atoms with Gasteiger partial charge in [0.05, 0.1) is 54.3 Å². The molecule has 0 N–H and O–H groups in total. The topological polar surface area (TPSA) is 108 Å². The minimum atomic E-state index is -0.400. The number of ether oxygens (including phenoxy) is 8. The predicted octanol–water partition coefficient (Wildman–Crippen LogP) is 5.47. The SMILES string of the molecule is COC1=CC(=O)OC(c2ccc(OC)c(OC)c2)C1.COc1ccc(C2CC(OCC(C)C)=CC(=O)O2)cc1OC. The fourth-order valence-corrected chi connectivity index (χ4v) is 4.17. The summed E-state index contributed by atoms with van der Waals surface area (Å²) in [6.45, 7) is 4.71. The second-order valence-electron chi connectivity index (χ2n) is 9.62. The standard InChI is InChI=1S/C17H22O5.C14H16O5/c1-11(2)10-21-13-8-15(22-17(18)9-13)12-5-6-14(19-3)16(7-12)20-4;1-16-10-7-12(19-14(15)8-10)9-4-5-11(17-2)13(6-9)18-3/h5-7,9,11,15H,8,10H2,1-4H3;4-6,8,12H,7H2,1-3H3. The highest BCUT2D eigenvalue weighted by atomic mass is 16.6. The summed E-state index contributed by atoms with van der Waals surface area (Å²) in [6, 6.07) is 10.9. The van der Waals surface area contributed by atoms with E-state index >= 15 is 0 Å². The molecule has 41 heavy (non-hydrogen) atoms. The maximum Gasteiger partial charge on any atom is 0.334 e. The normalized spacial score (nSPS) is 18.0. The van der Waals surface area contributed by atoms with Crippen LogP contribution in [-0.4, -0.2) is 54.1 Å². The van der Waals surface area contributed by atoms with E-state index in [0.717, 1.165) is 11.1 Å². The molecular weight excluding hydrogens is 532 g/mol. The number of benzene rings is 2. The van der Waals surface area contributed by atoms with Crippen LogP contribution in [0.15, 0.2) is 60.1 Å². The predicted molar refractivity (Wildman–Crippen MR) is 150 cm³/mol. The lowest BCUT2D eigenvalue weighted by atomic mass is 10.0. The van der Waals surface area contributed by atoms with Crippen LogP contribution in [0.25, 0.3) is 0 Å². The average molecular weight is 571 g/mol. The Hall–Kier alpha value is -4.34. The first-order valence-electron chi connectivity index (χ1n) is 13.1. The Morgan fingerprint density at radius 1 is 0.659 bits per heavy atom. The third-order valence-corrected chi connectivity index (χ3v) is 6.27. The van der Waals surface area contributed by atoms with Gasteiger partial charge in [-0.1, -0.05) is 26.0 Å². The van der Waals surface area contributed by atoms with Gasteiger partial charge < -0.3 is 37.9 Å². The molecule has 222 valence electrons. The van der Waals surface area contributed by atoms with Gasteiger partial charge in [0.1, 0.15) is 23.7 Å². The number of carbonyl (C=O) groups excluding carboxylic acids is 2. The van der Waals surface area contributed by atoms with Gasteiger partial charge in [-0.05, 0) is 41.3 Å². The van der Waals surface area contributed by atoms with Crippen molar-refractivity contribution < 1.29 is 47.5 Å². The molecule has 2 aliphatic rings. The summed E-state index contributed by atoms with van der Waals surface area (Å²) < 4.78 is 42.4. The zero-order chi connectivity index (χ0) is 29.9. The van der Waals surface area contributed by atoms with Crippen molar-refractivity contribution in [2.75, 3.05) is 42.2 Å². The van der Waals surface area contributed by atoms with E-state index < -0.39 is 5.97 Å². The van der Waals surface area contributed by atoms with Gasteiger partial charge in [0.15, 0.2) is 23.0 Å². The first kappa shape index (κ1) is 31.2. The number of methoxy groups -OCH3 is 5. The van der Waals surface area contributed by atoms with Crippen LogP contribution in [0.3, 0.4) is 0 Å². The summed E-state index contributed by atoms with van der Waals surface area (Å²) in [5.41, 5.74) is 1.69. The first-order valence-corrected chi connectivity index (χ1v) is 13.1. The molecule has 10 heteroatoms. The van der Waals surface area contributed by atoms with Crippen molar-refractivity contribution in [2.45, 2.75) is 38.9 Å². The van der Waals surface area contributed by atoms with Crippen LogP contribution in [0.1, 0.15) is 50.0 Å². The zero-order valence-corrected chi connectivity index (χ0v) is 24.6. The smallest absolute Gasteiger partial charge is 0.334 e. The van der Waals surface area contributed by atoms with E-state index in [2.05, 4.69) is 13.8 Å². The number of hydrogen-bond acceptors (Lipinski definition) is 10. The van der Waals surface area contributed by atoms with E-state index in [1.54, 1.807) is 46.6 Å². The van der Waals surface area contributed by atoms with Crippen molar-refractivity contribution in [3.63, 3.8) is 0 Å².